The normalized spacial score (nSPS) is 28.0. The molecule has 0 aromatic carbocycles. The maximum atomic E-state index is 13.4. The monoisotopic (exact) mass is 1310 g/mol. The summed E-state index contributed by atoms with van der Waals surface area (Å²) in [7, 11) is 0. The van der Waals surface area contributed by atoms with Gasteiger partial charge in [0.15, 0.2) is 18.9 Å². The van der Waals surface area contributed by atoms with Gasteiger partial charge < -0.3 is 89.9 Å². The van der Waals surface area contributed by atoms with Crippen molar-refractivity contribution in [3.63, 3.8) is 0 Å². The fourth-order valence-corrected chi connectivity index (χ4v) is 12.1. The Morgan fingerprint density at radius 3 is 1.17 bits per heavy atom. The van der Waals surface area contributed by atoms with E-state index >= 15 is 0 Å². The summed E-state index contributed by atoms with van der Waals surface area (Å²) in [5.41, 5.74) is 0. The molecule has 0 aromatic heterocycles. The van der Waals surface area contributed by atoms with Gasteiger partial charge in [0.2, 0.25) is 5.91 Å². The van der Waals surface area contributed by atoms with Crippen molar-refractivity contribution in [3.8, 4) is 0 Å². The zero-order valence-corrected chi connectivity index (χ0v) is 56.8. The lowest BCUT2D eigenvalue weighted by atomic mass is 9.96. The van der Waals surface area contributed by atoms with Crippen LogP contribution in [0.1, 0.15) is 264 Å². The molecule has 3 saturated heterocycles. The molecule has 3 heterocycles. The first-order valence-corrected chi connectivity index (χ1v) is 36.5. The average Bonchev–Trinajstić information content (AvgIpc) is 0.837. The van der Waals surface area contributed by atoms with E-state index in [4.69, 9.17) is 28.4 Å². The van der Waals surface area contributed by atoms with Crippen LogP contribution in [0.25, 0.3) is 0 Å². The maximum Gasteiger partial charge on any atom is 0.220 e. The molecule has 0 radical (unpaired) electrons. The summed E-state index contributed by atoms with van der Waals surface area (Å²) in [4.78, 5) is 13.4. The zero-order valence-electron chi connectivity index (χ0n) is 56.8. The third-order valence-corrected chi connectivity index (χ3v) is 18.0. The number of amides is 1. The van der Waals surface area contributed by atoms with Crippen LogP contribution in [0.4, 0.5) is 0 Å². The Morgan fingerprint density at radius 2 is 0.728 bits per heavy atom. The standard InChI is InChI=1S/C73H131NO18/c1-3-5-7-9-11-13-15-17-19-20-21-22-23-24-25-26-27-28-29-30-31-32-33-34-35-37-38-40-42-44-46-48-50-57(78)56(74-61(79)51-49-47-45-43-41-39-36-18-16-14-12-10-8-6-4-2)55-87-71-67(85)64(82)69(59(53-76)89-71)92-73-68(86)65(83)70(60(54-77)90-73)91-72-66(84)63(81)62(80)58(52-75)88-72/h12,14,18,34-36,40,42,48,50,56-60,62-73,75-78,80-86H,3-11,13,15-17,19-33,37-39,41,43-47,49,51-55H2,1-2H3,(H,74,79)/b14-12-,35-34+,36-18-,42-40+,50-48+. The molecule has 3 fully saturated rings. The van der Waals surface area contributed by atoms with Crippen LogP contribution in [0.5, 0.6) is 0 Å². The number of rotatable bonds is 56. The van der Waals surface area contributed by atoms with E-state index in [-0.39, 0.29) is 18.9 Å². The molecule has 19 nitrogen and oxygen atoms in total. The quantitative estimate of drug-likeness (QED) is 0.0199. The molecule has 536 valence electrons. The van der Waals surface area contributed by atoms with E-state index in [1.165, 1.54) is 161 Å². The second-order valence-corrected chi connectivity index (χ2v) is 26.0. The first-order valence-electron chi connectivity index (χ1n) is 36.5. The summed E-state index contributed by atoms with van der Waals surface area (Å²) in [6.07, 6.45) is 40.8. The van der Waals surface area contributed by atoms with Gasteiger partial charge in [-0.3, -0.25) is 4.79 Å². The van der Waals surface area contributed by atoms with Gasteiger partial charge in [-0.25, -0.2) is 0 Å². The Bertz CT molecular complexity index is 1900. The molecule has 17 atom stereocenters. The minimum atomic E-state index is -1.99. The highest BCUT2D eigenvalue weighted by atomic mass is 16.8. The van der Waals surface area contributed by atoms with Gasteiger partial charge in [0.05, 0.1) is 38.6 Å². The summed E-state index contributed by atoms with van der Waals surface area (Å²) in [5, 5.41) is 120. The summed E-state index contributed by atoms with van der Waals surface area (Å²) in [6.45, 7) is 1.68. The predicted molar refractivity (Wildman–Crippen MR) is 360 cm³/mol. The number of aliphatic hydroxyl groups excluding tert-OH is 11. The van der Waals surface area contributed by atoms with Gasteiger partial charge in [0.25, 0.3) is 0 Å². The lowest BCUT2D eigenvalue weighted by Gasteiger charge is -2.48. The summed E-state index contributed by atoms with van der Waals surface area (Å²) in [6, 6.07) is -1.01. The fraction of sp³-hybridized carbons (Fsp3) is 0.849. The number of unbranched alkanes of at least 4 members (excludes halogenated alkanes) is 32. The van der Waals surface area contributed by atoms with Crippen LogP contribution in [0.3, 0.4) is 0 Å². The number of ether oxygens (including phenoxy) is 6. The minimum absolute atomic E-state index is 0.214. The molecular formula is C73H131NO18. The third-order valence-electron chi connectivity index (χ3n) is 18.0. The van der Waals surface area contributed by atoms with Crippen molar-refractivity contribution in [2.24, 2.45) is 0 Å². The number of aliphatic hydroxyl groups is 11. The maximum absolute atomic E-state index is 13.4. The number of carbonyl (C=O) groups excluding carboxylic acids is 1. The molecule has 0 saturated carbocycles. The Hall–Kier alpha value is -2.51. The molecule has 3 aliphatic heterocycles. The molecule has 3 aliphatic rings. The largest absolute Gasteiger partial charge is 0.394 e. The first-order chi connectivity index (χ1) is 44.8. The van der Waals surface area contributed by atoms with E-state index in [1.807, 2.05) is 6.08 Å². The predicted octanol–water partition coefficient (Wildman–Crippen LogP) is 10.3. The van der Waals surface area contributed by atoms with Crippen molar-refractivity contribution in [2.45, 2.75) is 369 Å². The van der Waals surface area contributed by atoms with E-state index in [2.05, 4.69) is 67.8 Å². The smallest absolute Gasteiger partial charge is 0.220 e. The third kappa shape index (κ3) is 35.7. The topological polar surface area (TPSA) is 307 Å². The summed E-state index contributed by atoms with van der Waals surface area (Å²) >= 11 is 0. The van der Waals surface area contributed by atoms with Crippen LogP contribution < -0.4 is 5.32 Å². The van der Waals surface area contributed by atoms with Gasteiger partial charge in [-0.05, 0) is 77.0 Å². The number of carbonyl (C=O) groups is 1. The Morgan fingerprint density at radius 1 is 0.391 bits per heavy atom. The van der Waals surface area contributed by atoms with Crippen LogP contribution in [0.15, 0.2) is 60.8 Å². The van der Waals surface area contributed by atoms with Crippen molar-refractivity contribution in [1.82, 2.24) is 5.32 Å². The van der Waals surface area contributed by atoms with E-state index in [0.717, 1.165) is 70.6 Å². The first kappa shape index (κ1) is 83.7. The molecule has 0 aliphatic carbocycles. The van der Waals surface area contributed by atoms with Crippen molar-refractivity contribution >= 4 is 5.91 Å². The van der Waals surface area contributed by atoms with E-state index < -0.39 is 124 Å². The van der Waals surface area contributed by atoms with Crippen molar-refractivity contribution in [3.05, 3.63) is 60.8 Å². The van der Waals surface area contributed by atoms with Crippen LogP contribution in [-0.2, 0) is 33.2 Å². The number of nitrogens with one attached hydrogen (secondary N) is 1. The molecule has 19 heteroatoms. The van der Waals surface area contributed by atoms with Crippen LogP contribution in [-0.4, -0.2) is 193 Å². The Balaban J connectivity index is 1.41. The van der Waals surface area contributed by atoms with Crippen LogP contribution >= 0.6 is 0 Å². The van der Waals surface area contributed by atoms with Crippen LogP contribution in [0, 0.1) is 0 Å². The molecule has 17 unspecified atom stereocenters. The molecule has 1 amide bonds. The lowest BCUT2D eigenvalue weighted by Crippen LogP contribution is -2.66. The molecular weight excluding hydrogens is 1180 g/mol. The number of hydrogen-bond donors (Lipinski definition) is 12. The fourth-order valence-electron chi connectivity index (χ4n) is 12.1. The van der Waals surface area contributed by atoms with Gasteiger partial charge >= 0.3 is 0 Å². The van der Waals surface area contributed by atoms with Gasteiger partial charge in [-0.2, -0.15) is 0 Å². The van der Waals surface area contributed by atoms with Gasteiger partial charge in [-0.1, -0.05) is 242 Å². The minimum Gasteiger partial charge on any atom is -0.394 e. The van der Waals surface area contributed by atoms with Crippen molar-refractivity contribution in [2.75, 3.05) is 26.4 Å². The second kappa shape index (κ2) is 54.5. The highest BCUT2D eigenvalue weighted by Crippen LogP contribution is 2.33. The summed E-state index contributed by atoms with van der Waals surface area (Å²) in [5.74, 6) is -0.304. The summed E-state index contributed by atoms with van der Waals surface area (Å²) < 4.78 is 34.3. The van der Waals surface area contributed by atoms with Crippen molar-refractivity contribution in [1.29, 1.82) is 0 Å². The lowest BCUT2D eigenvalue weighted by molar-refractivity contribution is -0.379. The molecule has 0 aromatic rings. The SMILES string of the molecule is CCCCC/C=C\C/C=C\CCCCCCCC(=O)NC(COC1OC(CO)C(OC2OC(CO)C(OC3OC(CO)C(O)C(O)C3O)C(O)C2O)C(O)C1O)C(O)/C=C/CC/C=C/CC/C=C/CCCCCCCCCCCCCCCCCCCCCCCC. The molecule has 0 bridgehead atoms. The van der Waals surface area contributed by atoms with E-state index in [0.29, 0.717) is 12.8 Å². The van der Waals surface area contributed by atoms with Crippen LogP contribution in [0.2, 0.25) is 0 Å². The van der Waals surface area contributed by atoms with Gasteiger partial charge in [0.1, 0.15) is 73.2 Å². The van der Waals surface area contributed by atoms with Crippen molar-refractivity contribution < 1.29 is 89.4 Å². The highest BCUT2D eigenvalue weighted by molar-refractivity contribution is 5.76. The molecule has 0 spiro atoms. The second-order valence-electron chi connectivity index (χ2n) is 26.0. The Labute approximate surface area is 554 Å². The zero-order chi connectivity index (χ0) is 66.8. The van der Waals surface area contributed by atoms with E-state index in [9.17, 15) is 61.0 Å². The average molecular weight is 1310 g/mol. The number of hydrogen-bond acceptors (Lipinski definition) is 18. The molecule has 12 N–H and O–H groups in total. The van der Waals surface area contributed by atoms with Gasteiger partial charge in [-0.15, -0.1) is 0 Å². The molecule has 92 heavy (non-hydrogen) atoms. The number of allylic oxidation sites excluding steroid dienone is 9. The van der Waals surface area contributed by atoms with E-state index in [1.54, 1.807) is 6.08 Å². The van der Waals surface area contributed by atoms with Gasteiger partial charge in [0, 0.05) is 6.42 Å². The Kier molecular flexibility index (Phi) is 49.6. The highest BCUT2D eigenvalue weighted by Gasteiger charge is 2.53. The molecule has 3 rings (SSSR count).